The summed E-state index contributed by atoms with van der Waals surface area (Å²) in [6.45, 7) is 0. The zero-order chi connectivity index (χ0) is 18.7. The lowest BCUT2D eigenvalue weighted by Gasteiger charge is -2.23. The van der Waals surface area contributed by atoms with Crippen molar-refractivity contribution in [3.63, 3.8) is 0 Å². The van der Waals surface area contributed by atoms with E-state index in [2.05, 4.69) is 24.3 Å². The summed E-state index contributed by atoms with van der Waals surface area (Å²) in [6, 6.07) is 30.8. The Hall–Kier alpha value is -2.76. The molecule has 1 aromatic heterocycles. The molecule has 0 fully saturated rings. The first kappa shape index (κ1) is 17.6. The summed E-state index contributed by atoms with van der Waals surface area (Å²) in [4.78, 5) is 3.78. The zero-order valence-corrected chi connectivity index (χ0v) is 16.1. The van der Waals surface area contributed by atoms with Gasteiger partial charge in [-0.3, -0.25) is 0 Å². The number of benzene rings is 3. The van der Waals surface area contributed by atoms with Crippen LogP contribution in [0.3, 0.4) is 0 Å². The lowest BCUT2D eigenvalue weighted by Crippen LogP contribution is -2.00. The molecule has 3 nitrogen and oxygen atoms in total. The van der Waals surface area contributed by atoms with E-state index in [0.29, 0.717) is 0 Å². The predicted molar refractivity (Wildman–Crippen MR) is 107 cm³/mol. The van der Waals surface area contributed by atoms with Crippen molar-refractivity contribution in [3.05, 3.63) is 103 Å². The van der Waals surface area contributed by atoms with Crippen LogP contribution in [-0.4, -0.2) is 8.42 Å². The van der Waals surface area contributed by atoms with Gasteiger partial charge in [0.1, 0.15) is 0 Å². The SMILES string of the molecule is O=S(=O)(c1ccc([SH](c2ccccc2)c2ccccc2)cc1)c1ccco1. The highest BCUT2D eigenvalue weighted by Crippen LogP contribution is 2.51. The van der Waals surface area contributed by atoms with Crippen molar-refractivity contribution in [2.45, 2.75) is 24.7 Å². The molecule has 136 valence electrons. The van der Waals surface area contributed by atoms with Gasteiger partial charge in [0, 0.05) is 0 Å². The highest BCUT2D eigenvalue weighted by atomic mass is 32.2. The van der Waals surface area contributed by atoms with E-state index in [1.165, 1.54) is 22.1 Å². The number of hydrogen-bond acceptors (Lipinski definition) is 3. The summed E-state index contributed by atoms with van der Waals surface area (Å²) in [7, 11) is -4.38. The summed E-state index contributed by atoms with van der Waals surface area (Å²) in [5.41, 5.74) is 0. The van der Waals surface area contributed by atoms with Crippen LogP contribution >= 0.6 is 10.9 Å². The predicted octanol–water partition coefficient (Wildman–Crippen LogP) is 5.59. The van der Waals surface area contributed by atoms with Crippen LogP contribution in [0, 0.1) is 0 Å². The molecule has 0 atom stereocenters. The second-order valence-electron chi connectivity index (χ2n) is 5.94. The first-order chi connectivity index (χ1) is 13.2. The second-order valence-corrected chi connectivity index (χ2v) is 10.0. The van der Waals surface area contributed by atoms with E-state index >= 15 is 0 Å². The Morgan fingerprint density at radius 2 is 1.11 bits per heavy atom. The molecule has 0 aliphatic rings. The van der Waals surface area contributed by atoms with Crippen molar-refractivity contribution in [1.29, 1.82) is 0 Å². The number of rotatable bonds is 5. The lowest BCUT2D eigenvalue weighted by atomic mass is 10.4. The summed E-state index contributed by atoms with van der Waals surface area (Å²) in [6.07, 6.45) is 1.37. The third kappa shape index (κ3) is 3.56. The van der Waals surface area contributed by atoms with Crippen molar-refractivity contribution < 1.29 is 12.8 Å². The van der Waals surface area contributed by atoms with Crippen LogP contribution in [0.4, 0.5) is 0 Å². The molecule has 0 N–H and O–H groups in total. The summed E-state index contributed by atoms with van der Waals surface area (Å²) in [5.74, 6) is 0. The van der Waals surface area contributed by atoms with Gasteiger partial charge < -0.3 is 4.42 Å². The molecule has 0 amide bonds. The van der Waals surface area contributed by atoms with Crippen LogP contribution in [0.1, 0.15) is 0 Å². The fraction of sp³-hybridized carbons (Fsp3) is 0. The maximum atomic E-state index is 12.6. The maximum absolute atomic E-state index is 12.6. The molecule has 0 spiro atoms. The quantitative estimate of drug-likeness (QED) is 0.449. The van der Waals surface area contributed by atoms with E-state index < -0.39 is 20.7 Å². The van der Waals surface area contributed by atoms with Gasteiger partial charge >= 0.3 is 0 Å². The molecule has 0 aliphatic heterocycles. The van der Waals surface area contributed by atoms with Gasteiger partial charge in [-0.1, -0.05) is 36.4 Å². The first-order valence-electron chi connectivity index (χ1n) is 8.45. The molecule has 1 heterocycles. The van der Waals surface area contributed by atoms with Gasteiger partial charge in [0.05, 0.1) is 11.2 Å². The molecule has 0 bridgehead atoms. The minimum atomic E-state index is -3.63. The van der Waals surface area contributed by atoms with E-state index in [-0.39, 0.29) is 9.99 Å². The maximum Gasteiger partial charge on any atom is 0.239 e. The van der Waals surface area contributed by atoms with Gasteiger partial charge in [-0.15, -0.1) is 0 Å². The van der Waals surface area contributed by atoms with Gasteiger partial charge in [-0.05, 0) is 75.4 Å². The Labute approximate surface area is 161 Å². The Balaban J connectivity index is 1.76. The third-order valence-electron chi connectivity index (χ3n) is 4.19. The molecule has 0 radical (unpaired) electrons. The average molecular weight is 395 g/mol. The van der Waals surface area contributed by atoms with Crippen LogP contribution in [-0.2, 0) is 9.84 Å². The molecule has 27 heavy (non-hydrogen) atoms. The number of thiol groups is 1. The van der Waals surface area contributed by atoms with Gasteiger partial charge in [-0.25, -0.2) is 8.42 Å². The van der Waals surface area contributed by atoms with E-state index in [1.807, 2.05) is 48.5 Å². The molecule has 0 saturated heterocycles. The Kier molecular flexibility index (Phi) is 4.88. The minimum Gasteiger partial charge on any atom is -0.453 e. The van der Waals surface area contributed by atoms with Crippen molar-refractivity contribution in [2.24, 2.45) is 0 Å². The highest BCUT2D eigenvalue weighted by molar-refractivity contribution is 8.17. The topological polar surface area (TPSA) is 47.3 Å². The Morgan fingerprint density at radius 1 is 0.593 bits per heavy atom. The van der Waals surface area contributed by atoms with Crippen molar-refractivity contribution in [1.82, 2.24) is 0 Å². The van der Waals surface area contributed by atoms with Crippen LogP contribution < -0.4 is 0 Å². The Morgan fingerprint density at radius 3 is 1.59 bits per heavy atom. The monoisotopic (exact) mass is 394 g/mol. The van der Waals surface area contributed by atoms with Gasteiger partial charge in [-0.2, -0.15) is 10.9 Å². The van der Waals surface area contributed by atoms with Crippen LogP contribution in [0.5, 0.6) is 0 Å². The van der Waals surface area contributed by atoms with Crippen molar-refractivity contribution in [3.8, 4) is 0 Å². The fourth-order valence-electron chi connectivity index (χ4n) is 2.91. The Bertz CT molecular complexity index is 1060. The molecule has 4 rings (SSSR count). The third-order valence-corrected chi connectivity index (χ3v) is 8.29. The average Bonchev–Trinajstić information content (AvgIpc) is 3.26. The van der Waals surface area contributed by atoms with E-state index in [1.54, 1.807) is 18.2 Å². The van der Waals surface area contributed by atoms with Gasteiger partial charge in [0.2, 0.25) is 14.9 Å². The lowest BCUT2D eigenvalue weighted by molar-refractivity contribution is 0.450. The molecule has 5 heteroatoms. The molecule has 0 saturated carbocycles. The van der Waals surface area contributed by atoms with Gasteiger partial charge in [0.15, 0.2) is 0 Å². The van der Waals surface area contributed by atoms with E-state index in [4.69, 9.17) is 4.42 Å². The van der Waals surface area contributed by atoms with E-state index in [0.717, 1.165) is 4.90 Å². The molecule has 0 unspecified atom stereocenters. The standard InChI is InChI=1S/C22H18O3S2/c23-27(24,22-12-7-17-25-22)21-15-13-20(14-16-21)26(18-8-3-1-4-9-18)19-10-5-2-6-11-19/h1-17,26H. The number of sulfone groups is 1. The summed E-state index contributed by atoms with van der Waals surface area (Å²) < 4.78 is 30.3. The largest absolute Gasteiger partial charge is 0.453 e. The first-order valence-corrected chi connectivity index (χ1v) is 11.3. The number of furan rings is 1. The molecular weight excluding hydrogens is 376 g/mol. The van der Waals surface area contributed by atoms with Crippen molar-refractivity contribution in [2.75, 3.05) is 0 Å². The highest BCUT2D eigenvalue weighted by Gasteiger charge is 2.21. The number of hydrogen-bond donors (Lipinski definition) is 1. The molecule has 4 aromatic rings. The van der Waals surface area contributed by atoms with Crippen molar-refractivity contribution >= 4 is 20.7 Å². The molecule has 0 aliphatic carbocycles. The smallest absolute Gasteiger partial charge is 0.239 e. The van der Waals surface area contributed by atoms with Crippen LogP contribution in [0.25, 0.3) is 0 Å². The summed E-state index contributed by atoms with van der Waals surface area (Å²) >= 11 is 0. The minimum absolute atomic E-state index is 0.0383. The van der Waals surface area contributed by atoms with Gasteiger partial charge in [0.25, 0.3) is 0 Å². The summed E-state index contributed by atoms with van der Waals surface area (Å²) in [5, 5.41) is -0.0383. The normalized spacial score (nSPS) is 11.9. The zero-order valence-electron chi connectivity index (χ0n) is 14.4. The van der Waals surface area contributed by atoms with E-state index in [9.17, 15) is 8.42 Å². The molecule has 3 aromatic carbocycles. The van der Waals surface area contributed by atoms with Crippen LogP contribution in [0.15, 0.2) is 132 Å². The fourth-order valence-corrected chi connectivity index (χ4v) is 6.36. The van der Waals surface area contributed by atoms with Crippen LogP contribution in [0.2, 0.25) is 0 Å². The second kappa shape index (κ2) is 7.47. The molecular formula is C22H18O3S2.